The lowest BCUT2D eigenvalue weighted by atomic mass is 10.1. The van der Waals surface area contributed by atoms with E-state index < -0.39 is 0 Å². The minimum absolute atomic E-state index is 0.0134. The molecule has 1 fully saturated rings. The van der Waals surface area contributed by atoms with E-state index >= 15 is 0 Å². The molecule has 8 heteroatoms. The minimum Gasteiger partial charge on any atom is -0.378 e. The molecular weight excluding hydrogens is 408 g/mol. The molecule has 8 nitrogen and oxygen atoms in total. The summed E-state index contributed by atoms with van der Waals surface area (Å²) in [6, 6.07) is 14.0. The number of benzene rings is 2. The molecule has 170 valence electrons. The van der Waals surface area contributed by atoms with E-state index in [2.05, 4.69) is 10.6 Å². The van der Waals surface area contributed by atoms with Gasteiger partial charge in [0.25, 0.3) is 11.8 Å². The van der Waals surface area contributed by atoms with Crippen molar-refractivity contribution in [2.75, 3.05) is 56.6 Å². The van der Waals surface area contributed by atoms with Crippen LogP contribution in [0.2, 0.25) is 0 Å². The molecule has 2 aromatic rings. The second-order valence-electron chi connectivity index (χ2n) is 7.44. The summed E-state index contributed by atoms with van der Waals surface area (Å²) in [6.07, 6.45) is 0. The number of anilines is 2. The molecule has 0 aliphatic carbocycles. The molecule has 0 unspecified atom stereocenters. The van der Waals surface area contributed by atoms with Crippen LogP contribution in [-0.2, 0) is 9.53 Å². The summed E-state index contributed by atoms with van der Waals surface area (Å²) in [4.78, 5) is 40.6. The molecule has 1 aliphatic heterocycles. The van der Waals surface area contributed by atoms with Gasteiger partial charge in [0.1, 0.15) is 0 Å². The molecule has 0 radical (unpaired) electrons. The molecule has 1 heterocycles. The zero-order chi connectivity index (χ0) is 22.9. The second kappa shape index (κ2) is 11.3. The fourth-order valence-electron chi connectivity index (χ4n) is 3.46. The highest BCUT2D eigenvalue weighted by atomic mass is 16.5. The largest absolute Gasteiger partial charge is 0.378 e. The molecule has 3 amide bonds. The summed E-state index contributed by atoms with van der Waals surface area (Å²) >= 11 is 0. The number of amides is 3. The lowest BCUT2D eigenvalue weighted by Crippen LogP contribution is -2.40. The lowest BCUT2D eigenvalue weighted by Gasteiger charge is -2.26. The number of ether oxygens (including phenoxy) is 1. The topological polar surface area (TPSA) is 91.0 Å². The van der Waals surface area contributed by atoms with Crippen molar-refractivity contribution in [1.82, 2.24) is 9.80 Å². The van der Waals surface area contributed by atoms with Gasteiger partial charge in [0.2, 0.25) is 5.91 Å². The predicted molar refractivity (Wildman–Crippen MR) is 124 cm³/mol. The maximum absolute atomic E-state index is 12.5. The average molecular weight is 439 g/mol. The van der Waals surface area contributed by atoms with Crippen LogP contribution in [0.5, 0.6) is 0 Å². The number of carbonyl (C=O) groups excluding carboxylic acids is 3. The van der Waals surface area contributed by atoms with E-state index in [-0.39, 0.29) is 24.3 Å². The molecule has 0 saturated carbocycles. The molecule has 0 spiro atoms. The standard InChI is InChI=1S/C24H30N4O4/c1-3-27(4-2)23(30)18-7-11-21(12-8-18)26-22(29)17-25-20-9-5-19(6-10-20)24(31)28-13-15-32-16-14-28/h5-12,25H,3-4,13-17H2,1-2H3,(H,26,29). The Balaban J connectivity index is 1.48. The molecule has 3 rings (SSSR count). The zero-order valence-electron chi connectivity index (χ0n) is 18.6. The van der Waals surface area contributed by atoms with Gasteiger partial charge < -0.3 is 25.2 Å². The first-order chi connectivity index (χ1) is 15.5. The van der Waals surface area contributed by atoms with Crippen LogP contribution in [0.4, 0.5) is 11.4 Å². The predicted octanol–water partition coefficient (Wildman–Crippen LogP) is 2.69. The molecule has 1 saturated heterocycles. The number of nitrogens with one attached hydrogen (secondary N) is 2. The van der Waals surface area contributed by atoms with Crippen molar-refractivity contribution in [3.63, 3.8) is 0 Å². The Labute approximate surface area is 188 Å². The fraction of sp³-hybridized carbons (Fsp3) is 0.375. The number of rotatable bonds is 8. The Hall–Kier alpha value is -3.39. The van der Waals surface area contributed by atoms with E-state index in [9.17, 15) is 14.4 Å². The Morgan fingerprint density at radius 2 is 1.44 bits per heavy atom. The number of morpholine rings is 1. The fourth-order valence-corrected chi connectivity index (χ4v) is 3.46. The first kappa shape index (κ1) is 23.3. The number of carbonyl (C=O) groups is 3. The van der Waals surface area contributed by atoms with E-state index in [1.165, 1.54) is 0 Å². The Morgan fingerprint density at radius 1 is 0.875 bits per heavy atom. The maximum Gasteiger partial charge on any atom is 0.254 e. The Kier molecular flexibility index (Phi) is 8.21. The van der Waals surface area contributed by atoms with Crippen LogP contribution in [-0.4, -0.2) is 73.5 Å². The van der Waals surface area contributed by atoms with E-state index in [4.69, 9.17) is 4.74 Å². The van der Waals surface area contributed by atoms with Gasteiger partial charge in [0.15, 0.2) is 0 Å². The third kappa shape index (κ3) is 6.07. The number of nitrogens with zero attached hydrogens (tertiary/aromatic N) is 2. The van der Waals surface area contributed by atoms with E-state index in [0.717, 1.165) is 5.69 Å². The average Bonchev–Trinajstić information content (AvgIpc) is 2.84. The maximum atomic E-state index is 12.5. The van der Waals surface area contributed by atoms with Crippen LogP contribution in [0.1, 0.15) is 34.6 Å². The zero-order valence-corrected chi connectivity index (χ0v) is 18.6. The van der Waals surface area contributed by atoms with Gasteiger partial charge in [-0.2, -0.15) is 0 Å². The van der Waals surface area contributed by atoms with Crippen molar-refractivity contribution in [2.24, 2.45) is 0 Å². The van der Waals surface area contributed by atoms with E-state index in [0.29, 0.717) is 56.2 Å². The lowest BCUT2D eigenvalue weighted by molar-refractivity contribution is -0.114. The van der Waals surface area contributed by atoms with Gasteiger partial charge in [-0.15, -0.1) is 0 Å². The van der Waals surface area contributed by atoms with Crippen molar-refractivity contribution in [3.05, 3.63) is 59.7 Å². The first-order valence-electron chi connectivity index (χ1n) is 10.9. The molecule has 0 aromatic heterocycles. The number of hydrogen-bond donors (Lipinski definition) is 2. The van der Waals surface area contributed by atoms with Crippen LogP contribution in [0.3, 0.4) is 0 Å². The van der Waals surface area contributed by atoms with Gasteiger partial charge in [-0.1, -0.05) is 0 Å². The monoisotopic (exact) mass is 438 g/mol. The van der Waals surface area contributed by atoms with Gasteiger partial charge in [0, 0.05) is 48.7 Å². The molecule has 0 atom stereocenters. The normalized spacial score (nSPS) is 13.4. The summed E-state index contributed by atoms with van der Waals surface area (Å²) in [5.74, 6) is -0.244. The van der Waals surface area contributed by atoms with Gasteiger partial charge in [0.05, 0.1) is 19.8 Å². The highest BCUT2D eigenvalue weighted by Gasteiger charge is 2.18. The van der Waals surface area contributed by atoms with Crippen LogP contribution in [0.15, 0.2) is 48.5 Å². The molecule has 1 aliphatic rings. The van der Waals surface area contributed by atoms with E-state index in [1.54, 1.807) is 58.3 Å². The van der Waals surface area contributed by atoms with Gasteiger partial charge in [-0.05, 0) is 62.4 Å². The summed E-state index contributed by atoms with van der Waals surface area (Å²) < 4.78 is 5.28. The summed E-state index contributed by atoms with van der Waals surface area (Å²) in [6.45, 7) is 7.61. The third-order valence-electron chi connectivity index (χ3n) is 5.35. The van der Waals surface area contributed by atoms with Crippen molar-refractivity contribution in [3.8, 4) is 0 Å². The van der Waals surface area contributed by atoms with Crippen molar-refractivity contribution < 1.29 is 19.1 Å². The highest BCUT2D eigenvalue weighted by Crippen LogP contribution is 2.14. The highest BCUT2D eigenvalue weighted by molar-refractivity contribution is 5.97. The van der Waals surface area contributed by atoms with Crippen molar-refractivity contribution in [2.45, 2.75) is 13.8 Å². The van der Waals surface area contributed by atoms with E-state index in [1.807, 2.05) is 13.8 Å². The van der Waals surface area contributed by atoms with Crippen LogP contribution < -0.4 is 10.6 Å². The SMILES string of the molecule is CCN(CC)C(=O)c1ccc(NC(=O)CNc2ccc(C(=O)N3CCOCC3)cc2)cc1. The van der Waals surface area contributed by atoms with Gasteiger partial charge in [-0.25, -0.2) is 0 Å². The minimum atomic E-state index is -0.207. The Morgan fingerprint density at radius 3 is 2.03 bits per heavy atom. The smallest absolute Gasteiger partial charge is 0.254 e. The molecule has 0 bridgehead atoms. The van der Waals surface area contributed by atoms with Crippen LogP contribution in [0.25, 0.3) is 0 Å². The van der Waals surface area contributed by atoms with Gasteiger partial charge in [-0.3, -0.25) is 14.4 Å². The molecule has 2 N–H and O–H groups in total. The van der Waals surface area contributed by atoms with Crippen LogP contribution in [0, 0.1) is 0 Å². The first-order valence-corrected chi connectivity index (χ1v) is 10.9. The van der Waals surface area contributed by atoms with Gasteiger partial charge >= 0.3 is 0 Å². The summed E-state index contributed by atoms with van der Waals surface area (Å²) in [7, 11) is 0. The van der Waals surface area contributed by atoms with Crippen LogP contribution >= 0.6 is 0 Å². The summed E-state index contributed by atoms with van der Waals surface area (Å²) in [5.41, 5.74) is 2.58. The molecule has 32 heavy (non-hydrogen) atoms. The number of hydrogen-bond acceptors (Lipinski definition) is 5. The van der Waals surface area contributed by atoms with Crippen molar-refractivity contribution >= 4 is 29.1 Å². The quantitative estimate of drug-likeness (QED) is 0.661. The third-order valence-corrected chi connectivity index (χ3v) is 5.35. The molecular formula is C24H30N4O4. The second-order valence-corrected chi connectivity index (χ2v) is 7.44. The molecule has 2 aromatic carbocycles. The van der Waals surface area contributed by atoms with Crippen molar-refractivity contribution in [1.29, 1.82) is 0 Å². The Bertz CT molecular complexity index is 918. The summed E-state index contributed by atoms with van der Waals surface area (Å²) in [5, 5.41) is 5.86.